The first-order valence-corrected chi connectivity index (χ1v) is 10.8. The van der Waals surface area contributed by atoms with E-state index >= 15 is 0 Å². The average Bonchev–Trinajstić information content (AvgIpc) is 2.77. The normalized spacial score (nSPS) is 15.7. The standard InChI is InChI=1S/C24H32F2N4O/c1-27-24(28-12-4-6-18-5-3-7-20(25)15-18)29-21-10-13-30(14-11-21)17-19-8-9-23(31-2)22(26)16-19/h3,5,7-9,15-16,21H,4,6,10-14,17H2,1-2H3,(H2,27,28,29). The molecule has 0 aromatic heterocycles. The van der Waals surface area contributed by atoms with Gasteiger partial charge in [-0.25, -0.2) is 8.78 Å². The third kappa shape index (κ3) is 7.21. The summed E-state index contributed by atoms with van der Waals surface area (Å²) in [5.74, 6) is 0.576. The van der Waals surface area contributed by atoms with Crippen molar-refractivity contribution in [1.82, 2.24) is 15.5 Å². The van der Waals surface area contributed by atoms with E-state index in [0.717, 1.165) is 68.9 Å². The van der Waals surface area contributed by atoms with Crippen LogP contribution in [0.2, 0.25) is 0 Å². The summed E-state index contributed by atoms with van der Waals surface area (Å²) in [4.78, 5) is 6.66. The van der Waals surface area contributed by atoms with Gasteiger partial charge in [-0.15, -0.1) is 0 Å². The Labute approximate surface area is 183 Å². The number of nitrogens with one attached hydrogen (secondary N) is 2. The molecule has 1 aliphatic heterocycles. The molecule has 0 amide bonds. The minimum atomic E-state index is -0.316. The zero-order valence-corrected chi connectivity index (χ0v) is 18.3. The fourth-order valence-electron chi connectivity index (χ4n) is 3.88. The Morgan fingerprint density at radius 1 is 1.13 bits per heavy atom. The Morgan fingerprint density at radius 3 is 2.61 bits per heavy atom. The van der Waals surface area contributed by atoms with Gasteiger partial charge < -0.3 is 15.4 Å². The van der Waals surface area contributed by atoms with E-state index in [1.807, 2.05) is 12.1 Å². The van der Waals surface area contributed by atoms with Gasteiger partial charge in [0.1, 0.15) is 5.82 Å². The lowest BCUT2D eigenvalue weighted by molar-refractivity contribution is 0.198. The van der Waals surface area contributed by atoms with E-state index in [0.29, 0.717) is 6.04 Å². The molecule has 1 heterocycles. The molecule has 3 rings (SSSR count). The summed E-state index contributed by atoms with van der Waals surface area (Å²) in [7, 11) is 3.25. The van der Waals surface area contributed by atoms with Gasteiger partial charge >= 0.3 is 0 Å². The Balaban J connectivity index is 1.36. The molecule has 0 saturated carbocycles. The second-order valence-corrected chi connectivity index (χ2v) is 7.90. The van der Waals surface area contributed by atoms with Crippen LogP contribution in [0.1, 0.15) is 30.4 Å². The van der Waals surface area contributed by atoms with Crippen LogP contribution in [-0.2, 0) is 13.0 Å². The van der Waals surface area contributed by atoms with Gasteiger partial charge in [-0.1, -0.05) is 18.2 Å². The van der Waals surface area contributed by atoms with Crippen molar-refractivity contribution in [3.05, 3.63) is 65.2 Å². The van der Waals surface area contributed by atoms with Crippen LogP contribution in [0.5, 0.6) is 5.75 Å². The van der Waals surface area contributed by atoms with Crippen molar-refractivity contribution in [2.75, 3.05) is 33.8 Å². The molecule has 1 fully saturated rings. The zero-order chi connectivity index (χ0) is 22.1. The van der Waals surface area contributed by atoms with Gasteiger partial charge in [0.25, 0.3) is 0 Å². The molecule has 0 unspecified atom stereocenters. The van der Waals surface area contributed by atoms with Crippen LogP contribution in [0.15, 0.2) is 47.5 Å². The van der Waals surface area contributed by atoms with E-state index in [-0.39, 0.29) is 17.4 Å². The van der Waals surface area contributed by atoms with E-state index in [9.17, 15) is 8.78 Å². The van der Waals surface area contributed by atoms with Gasteiger partial charge in [0, 0.05) is 39.3 Å². The van der Waals surface area contributed by atoms with E-state index < -0.39 is 0 Å². The number of aryl methyl sites for hydroxylation is 1. The Bertz CT molecular complexity index is 866. The van der Waals surface area contributed by atoms with Gasteiger partial charge in [0.05, 0.1) is 7.11 Å². The molecule has 31 heavy (non-hydrogen) atoms. The molecule has 2 N–H and O–H groups in total. The Hall–Kier alpha value is -2.67. The van der Waals surface area contributed by atoms with Crippen LogP contribution in [0.3, 0.4) is 0 Å². The van der Waals surface area contributed by atoms with Crippen molar-refractivity contribution in [3.8, 4) is 5.75 Å². The first kappa shape index (κ1) is 23.0. The number of hydrogen-bond donors (Lipinski definition) is 2. The number of guanidine groups is 1. The average molecular weight is 431 g/mol. The summed E-state index contributed by atoms with van der Waals surface area (Å²) in [5, 5.41) is 6.85. The summed E-state index contributed by atoms with van der Waals surface area (Å²) >= 11 is 0. The highest BCUT2D eigenvalue weighted by atomic mass is 19.1. The van der Waals surface area contributed by atoms with E-state index in [1.54, 1.807) is 31.3 Å². The van der Waals surface area contributed by atoms with Crippen molar-refractivity contribution in [2.45, 2.75) is 38.3 Å². The van der Waals surface area contributed by atoms with Gasteiger partial charge in [-0.2, -0.15) is 0 Å². The molecule has 5 nitrogen and oxygen atoms in total. The zero-order valence-electron chi connectivity index (χ0n) is 18.3. The third-order valence-corrected chi connectivity index (χ3v) is 5.60. The number of methoxy groups -OCH3 is 1. The number of halogens is 2. The number of benzene rings is 2. The quantitative estimate of drug-likeness (QED) is 0.381. The second-order valence-electron chi connectivity index (χ2n) is 7.90. The molecule has 0 bridgehead atoms. The van der Waals surface area contributed by atoms with Crippen LogP contribution in [0, 0.1) is 11.6 Å². The molecular weight excluding hydrogens is 398 g/mol. The van der Waals surface area contributed by atoms with Crippen molar-refractivity contribution >= 4 is 5.96 Å². The Morgan fingerprint density at radius 2 is 1.94 bits per heavy atom. The van der Waals surface area contributed by atoms with Gasteiger partial charge in [-0.05, 0) is 61.1 Å². The lowest BCUT2D eigenvalue weighted by Gasteiger charge is -2.33. The summed E-state index contributed by atoms with van der Waals surface area (Å²) in [6.45, 7) is 3.41. The van der Waals surface area contributed by atoms with Gasteiger partial charge in [0.2, 0.25) is 0 Å². The molecular formula is C24H32F2N4O. The first-order chi connectivity index (χ1) is 15.1. The number of nitrogens with zero attached hydrogens (tertiary/aromatic N) is 2. The van der Waals surface area contributed by atoms with Crippen molar-refractivity contribution < 1.29 is 13.5 Å². The maximum absolute atomic E-state index is 13.9. The molecule has 0 aliphatic carbocycles. The second kappa shape index (κ2) is 11.6. The highest BCUT2D eigenvalue weighted by Crippen LogP contribution is 2.20. The SMILES string of the molecule is CN=C(NCCCc1cccc(F)c1)NC1CCN(Cc2ccc(OC)c(F)c2)CC1. The lowest BCUT2D eigenvalue weighted by Crippen LogP contribution is -2.48. The van der Waals surface area contributed by atoms with Crippen LogP contribution in [0.25, 0.3) is 0 Å². The maximum atomic E-state index is 13.9. The van der Waals surface area contributed by atoms with Crippen molar-refractivity contribution in [2.24, 2.45) is 4.99 Å². The summed E-state index contributed by atoms with van der Waals surface area (Å²) in [5.41, 5.74) is 1.97. The number of likely N-dealkylation sites (tertiary alicyclic amines) is 1. The molecule has 2 aromatic carbocycles. The van der Waals surface area contributed by atoms with Crippen molar-refractivity contribution in [1.29, 1.82) is 0 Å². The maximum Gasteiger partial charge on any atom is 0.191 e. The fourth-order valence-corrected chi connectivity index (χ4v) is 3.88. The topological polar surface area (TPSA) is 48.9 Å². The third-order valence-electron chi connectivity index (χ3n) is 5.60. The largest absolute Gasteiger partial charge is 0.494 e. The predicted octanol–water partition coefficient (Wildman–Crippen LogP) is 3.74. The minimum Gasteiger partial charge on any atom is -0.494 e. The number of aliphatic imine (C=N–C) groups is 1. The summed E-state index contributed by atoms with van der Waals surface area (Å²) in [6.07, 6.45) is 3.73. The van der Waals surface area contributed by atoms with E-state index in [4.69, 9.17) is 4.74 Å². The highest BCUT2D eigenvalue weighted by molar-refractivity contribution is 5.79. The highest BCUT2D eigenvalue weighted by Gasteiger charge is 2.20. The molecule has 0 atom stereocenters. The van der Waals surface area contributed by atoms with E-state index in [1.165, 1.54) is 13.2 Å². The number of ether oxygens (including phenoxy) is 1. The van der Waals surface area contributed by atoms with Crippen LogP contribution < -0.4 is 15.4 Å². The van der Waals surface area contributed by atoms with Gasteiger partial charge in [-0.3, -0.25) is 9.89 Å². The fraction of sp³-hybridized carbons (Fsp3) is 0.458. The molecule has 7 heteroatoms. The monoisotopic (exact) mass is 430 g/mol. The van der Waals surface area contributed by atoms with Crippen molar-refractivity contribution in [3.63, 3.8) is 0 Å². The first-order valence-electron chi connectivity index (χ1n) is 10.8. The minimum absolute atomic E-state index is 0.189. The number of rotatable bonds is 8. The van der Waals surface area contributed by atoms with Gasteiger partial charge in [0.15, 0.2) is 17.5 Å². The van der Waals surface area contributed by atoms with Crippen LogP contribution in [0.4, 0.5) is 8.78 Å². The molecule has 168 valence electrons. The molecule has 1 saturated heterocycles. The number of piperidine rings is 1. The smallest absolute Gasteiger partial charge is 0.191 e. The lowest BCUT2D eigenvalue weighted by atomic mass is 10.0. The Kier molecular flexibility index (Phi) is 8.64. The molecule has 0 spiro atoms. The summed E-state index contributed by atoms with van der Waals surface area (Å²) in [6, 6.07) is 12.3. The molecule has 2 aromatic rings. The van der Waals surface area contributed by atoms with Crippen LogP contribution in [-0.4, -0.2) is 50.7 Å². The van der Waals surface area contributed by atoms with E-state index in [2.05, 4.69) is 20.5 Å². The number of hydrogen-bond acceptors (Lipinski definition) is 3. The molecule has 1 aliphatic rings. The predicted molar refractivity (Wildman–Crippen MR) is 120 cm³/mol. The van der Waals surface area contributed by atoms with Crippen LogP contribution >= 0.6 is 0 Å². The molecule has 0 radical (unpaired) electrons. The summed E-state index contributed by atoms with van der Waals surface area (Å²) < 4.78 is 32.1.